The average Bonchev–Trinajstić information content (AvgIpc) is 2.79. The Morgan fingerprint density at radius 2 is 1.77 bits per heavy atom. The maximum Gasteiger partial charge on any atom is 0.223 e. The van der Waals surface area contributed by atoms with E-state index in [2.05, 4.69) is 75.5 Å². The van der Waals surface area contributed by atoms with Crippen LogP contribution < -0.4 is 5.32 Å². The molecule has 4 rings (SSSR count). The van der Waals surface area contributed by atoms with Crippen LogP contribution in [0.2, 0.25) is 0 Å². The summed E-state index contributed by atoms with van der Waals surface area (Å²) in [5.74, 6) is 0.376. The van der Waals surface area contributed by atoms with E-state index >= 15 is 0 Å². The van der Waals surface area contributed by atoms with Crippen molar-refractivity contribution in [3.05, 3.63) is 69.2 Å². The van der Waals surface area contributed by atoms with E-state index in [-0.39, 0.29) is 17.9 Å². The van der Waals surface area contributed by atoms with Crippen molar-refractivity contribution in [2.24, 2.45) is 5.92 Å². The highest BCUT2D eigenvalue weighted by Crippen LogP contribution is 2.27. The van der Waals surface area contributed by atoms with Gasteiger partial charge in [0.05, 0.1) is 6.04 Å². The summed E-state index contributed by atoms with van der Waals surface area (Å²) in [6.07, 6.45) is 7.82. The number of rotatable bonds is 6. The van der Waals surface area contributed by atoms with Gasteiger partial charge in [0.1, 0.15) is 0 Å². The van der Waals surface area contributed by atoms with Crippen LogP contribution in [0.25, 0.3) is 0 Å². The van der Waals surface area contributed by atoms with E-state index in [9.17, 15) is 4.79 Å². The molecule has 1 aliphatic carbocycles. The molecule has 1 heterocycles. The Hall–Kier alpha value is -1.65. The predicted molar refractivity (Wildman–Crippen MR) is 126 cm³/mol. The van der Waals surface area contributed by atoms with Crippen LogP contribution in [0.15, 0.2) is 46.9 Å². The monoisotopic (exact) mass is 468 g/mol. The van der Waals surface area contributed by atoms with E-state index in [1.165, 1.54) is 47.9 Å². The number of hydrogen-bond acceptors (Lipinski definition) is 2. The van der Waals surface area contributed by atoms with Crippen LogP contribution in [0, 0.1) is 5.92 Å². The van der Waals surface area contributed by atoms with Crippen molar-refractivity contribution >= 4 is 21.8 Å². The summed E-state index contributed by atoms with van der Waals surface area (Å²) in [4.78, 5) is 15.5. The molecule has 0 spiro atoms. The minimum absolute atomic E-state index is 0.130. The van der Waals surface area contributed by atoms with Crippen molar-refractivity contribution in [1.82, 2.24) is 10.2 Å². The lowest BCUT2D eigenvalue weighted by Crippen LogP contribution is -2.41. The van der Waals surface area contributed by atoms with Gasteiger partial charge in [0.15, 0.2) is 0 Å². The summed E-state index contributed by atoms with van der Waals surface area (Å²) >= 11 is 3.50. The molecule has 0 bridgehead atoms. The fourth-order valence-corrected chi connectivity index (χ4v) is 5.15. The number of likely N-dealkylation sites (tertiary alicyclic amines) is 1. The van der Waals surface area contributed by atoms with Crippen molar-refractivity contribution in [2.45, 2.75) is 64.5 Å². The Kier molecular flexibility index (Phi) is 7.27. The molecular formula is C26H33BrN2O. The maximum atomic E-state index is 13.0. The van der Waals surface area contributed by atoms with Crippen LogP contribution in [0.5, 0.6) is 0 Å². The molecule has 160 valence electrons. The first-order chi connectivity index (χ1) is 14.6. The zero-order valence-corrected chi connectivity index (χ0v) is 19.6. The van der Waals surface area contributed by atoms with Crippen molar-refractivity contribution in [2.75, 3.05) is 13.1 Å². The highest BCUT2D eigenvalue weighted by Gasteiger charge is 2.27. The molecule has 2 aromatic rings. The van der Waals surface area contributed by atoms with Crippen molar-refractivity contribution in [1.29, 1.82) is 0 Å². The second-order valence-electron chi connectivity index (χ2n) is 8.88. The first-order valence-corrected chi connectivity index (χ1v) is 12.3. The van der Waals surface area contributed by atoms with Gasteiger partial charge in [0, 0.05) is 16.9 Å². The van der Waals surface area contributed by atoms with Gasteiger partial charge in [-0.1, -0.05) is 53.2 Å². The highest BCUT2D eigenvalue weighted by molar-refractivity contribution is 9.10. The van der Waals surface area contributed by atoms with Gasteiger partial charge in [-0.2, -0.15) is 0 Å². The van der Waals surface area contributed by atoms with E-state index in [1.54, 1.807) is 0 Å². The van der Waals surface area contributed by atoms with Crippen LogP contribution in [0.3, 0.4) is 0 Å². The van der Waals surface area contributed by atoms with E-state index in [0.29, 0.717) is 0 Å². The fourth-order valence-electron chi connectivity index (χ4n) is 4.88. The van der Waals surface area contributed by atoms with Gasteiger partial charge >= 0.3 is 0 Å². The standard InChI is InChI=1S/C26H33BrN2O/c1-2-25(23-10-9-20-5-3-4-6-22(20)17-23)28-26(30)21-13-15-29(16-14-21)18-19-7-11-24(27)12-8-19/h7-12,17,21,25H,2-6,13-16,18H2,1H3,(H,28,30)/t25-/m0/s1. The summed E-state index contributed by atoms with van der Waals surface area (Å²) in [5.41, 5.74) is 5.61. The molecule has 0 aromatic heterocycles. The maximum absolute atomic E-state index is 13.0. The molecule has 1 fully saturated rings. The lowest BCUT2D eigenvalue weighted by Gasteiger charge is -2.32. The summed E-state index contributed by atoms with van der Waals surface area (Å²) < 4.78 is 1.12. The normalized spacial score (nSPS) is 18.6. The van der Waals surface area contributed by atoms with E-state index < -0.39 is 0 Å². The third-order valence-electron chi connectivity index (χ3n) is 6.78. The Morgan fingerprint density at radius 1 is 1.07 bits per heavy atom. The molecule has 3 nitrogen and oxygen atoms in total. The lowest BCUT2D eigenvalue weighted by molar-refractivity contribution is -0.127. The van der Waals surface area contributed by atoms with Gasteiger partial charge in [0.25, 0.3) is 0 Å². The van der Waals surface area contributed by atoms with Crippen LogP contribution in [0.4, 0.5) is 0 Å². The molecule has 1 atom stereocenters. The van der Waals surface area contributed by atoms with E-state index in [4.69, 9.17) is 0 Å². The quantitative estimate of drug-likeness (QED) is 0.579. The fraction of sp³-hybridized carbons (Fsp3) is 0.500. The minimum Gasteiger partial charge on any atom is -0.349 e. The topological polar surface area (TPSA) is 32.3 Å². The number of amides is 1. The number of benzene rings is 2. The molecule has 30 heavy (non-hydrogen) atoms. The number of nitrogens with zero attached hydrogens (tertiary/aromatic N) is 1. The van der Waals surface area contributed by atoms with Crippen LogP contribution in [-0.4, -0.2) is 23.9 Å². The molecule has 1 N–H and O–H groups in total. The summed E-state index contributed by atoms with van der Waals surface area (Å²) in [6, 6.07) is 15.6. The Labute approximate surface area is 189 Å². The van der Waals surface area contributed by atoms with Gasteiger partial charge in [-0.15, -0.1) is 0 Å². The van der Waals surface area contributed by atoms with Gasteiger partial charge in [0.2, 0.25) is 5.91 Å². The van der Waals surface area contributed by atoms with Gasteiger partial charge in [-0.3, -0.25) is 9.69 Å². The van der Waals surface area contributed by atoms with Crippen molar-refractivity contribution < 1.29 is 4.79 Å². The summed E-state index contributed by atoms with van der Waals surface area (Å²) in [5, 5.41) is 3.37. The average molecular weight is 469 g/mol. The van der Waals surface area contributed by atoms with Crippen LogP contribution in [-0.2, 0) is 24.2 Å². The van der Waals surface area contributed by atoms with Crippen LogP contribution >= 0.6 is 15.9 Å². The molecule has 2 aromatic carbocycles. The summed E-state index contributed by atoms with van der Waals surface area (Å²) in [6.45, 7) is 5.12. The minimum atomic E-state index is 0.130. The third kappa shape index (κ3) is 5.33. The van der Waals surface area contributed by atoms with Crippen molar-refractivity contribution in [3.8, 4) is 0 Å². The molecule has 0 unspecified atom stereocenters. The molecule has 0 radical (unpaired) electrons. The van der Waals surface area contributed by atoms with Crippen LogP contribution in [0.1, 0.15) is 67.3 Å². The van der Waals surface area contributed by atoms with Gasteiger partial charge in [-0.05, 0) is 92.4 Å². The molecule has 4 heteroatoms. The molecule has 2 aliphatic rings. The Bertz CT molecular complexity index is 856. The smallest absolute Gasteiger partial charge is 0.223 e. The lowest BCUT2D eigenvalue weighted by atomic mass is 9.88. The molecular weight excluding hydrogens is 436 g/mol. The molecule has 1 amide bonds. The van der Waals surface area contributed by atoms with E-state index in [1.807, 2.05) is 0 Å². The van der Waals surface area contributed by atoms with Gasteiger partial charge < -0.3 is 5.32 Å². The largest absolute Gasteiger partial charge is 0.349 e. The number of carbonyl (C=O) groups is 1. The number of nitrogens with one attached hydrogen (secondary N) is 1. The summed E-state index contributed by atoms with van der Waals surface area (Å²) in [7, 11) is 0. The van der Waals surface area contributed by atoms with Crippen molar-refractivity contribution in [3.63, 3.8) is 0 Å². The number of piperidine rings is 1. The second-order valence-corrected chi connectivity index (χ2v) is 9.80. The second kappa shape index (κ2) is 10.1. The predicted octanol–water partition coefficient (Wildman–Crippen LogP) is 5.81. The number of carbonyl (C=O) groups excluding carboxylic acids is 1. The third-order valence-corrected chi connectivity index (χ3v) is 7.31. The Balaban J connectivity index is 1.30. The number of hydrogen-bond donors (Lipinski definition) is 1. The number of halogens is 1. The zero-order chi connectivity index (χ0) is 20.9. The number of aryl methyl sites for hydroxylation is 2. The number of fused-ring (bicyclic) bond motifs is 1. The van der Waals surface area contributed by atoms with Gasteiger partial charge in [-0.25, -0.2) is 0 Å². The first kappa shape index (κ1) is 21.6. The van der Waals surface area contributed by atoms with E-state index in [0.717, 1.165) is 43.4 Å². The highest BCUT2D eigenvalue weighted by atomic mass is 79.9. The molecule has 0 saturated carbocycles. The molecule has 1 saturated heterocycles. The zero-order valence-electron chi connectivity index (χ0n) is 18.0. The Morgan fingerprint density at radius 3 is 2.47 bits per heavy atom. The SMILES string of the molecule is CC[C@H](NC(=O)C1CCN(Cc2ccc(Br)cc2)CC1)c1ccc2c(c1)CCCC2. The first-order valence-electron chi connectivity index (χ1n) is 11.5. The molecule has 1 aliphatic heterocycles.